The van der Waals surface area contributed by atoms with Crippen LogP contribution in [0.5, 0.6) is 0 Å². The molecular formula is C48H37N5O6S4. The van der Waals surface area contributed by atoms with Crippen LogP contribution >= 0.6 is 46.2 Å². The maximum absolute atomic E-state index is 12.6. The van der Waals surface area contributed by atoms with Gasteiger partial charge in [-0.1, -0.05) is 79.7 Å². The normalized spacial score (nSPS) is 16.0. The van der Waals surface area contributed by atoms with Crippen molar-refractivity contribution >= 4 is 110 Å². The van der Waals surface area contributed by atoms with Gasteiger partial charge in [0.15, 0.2) is 10.3 Å². The molecule has 2 aliphatic heterocycles. The van der Waals surface area contributed by atoms with Gasteiger partial charge in [0.2, 0.25) is 0 Å². The number of anilines is 3. The number of carbonyl (C=O) groups is 4. The fourth-order valence-electron chi connectivity index (χ4n) is 7.69. The molecule has 3 N–H and O–H groups in total. The Morgan fingerprint density at radius 1 is 0.714 bits per heavy atom. The van der Waals surface area contributed by atoms with Gasteiger partial charge in [0.05, 0.1) is 5.75 Å². The number of rotatable bonds is 12. The fraction of sp³-hybridized carbons (Fsp3) is 0.125. The first-order chi connectivity index (χ1) is 30.4. The number of thioether (sulfide) groups is 2. The molecule has 6 aromatic rings. The molecule has 0 atom stereocenters. The number of nitrogens with zero attached hydrogens (tertiary/aromatic N) is 3. The Morgan fingerprint density at radius 3 is 1.76 bits per heavy atom. The van der Waals surface area contributed by atoms with Gasteiger partial charge in [0.1, 0.15) is 17.3 Å². The first kappa shape index (κ1) is 41.8. The predicted octanol–water partition coefficient (Wildman–Crippen LogP) is 10.6. The molecule has 0 saturated heterocycles. The van der Waals surface area contributed by atoms with Crippen LogP contribution in [0, 0.1) is 6.92 Å². The topological polar surface area (TPSA) is 150 Å². The molecule has 0 bridgehead atoms. The number of carboxylic acids is 1. The number of aliphatic carboxylic acids is 1. The third kappa shape index (κ3) is 8.65. The minimum atomic E-state index is -0.982. The maximum Gasteiger partial charge on any atom is 0.313 e. The molecule has 0 unspecified atom stereocenters. The Balaban J connectivity index is 1.01. The van der Waals surface area contributed by atoms with E-state index in [9.17, 15) is 19.2 Å². The van der Waals surface area contributed by atoms with Crippen LogP contribution in [-0.4, -0.2) is 51.4 Å². The largest absolute Gasteiger partial charge is 0.481 e. The van der Waals surface area contributed by atoms with E-state index in [1.54, 1.807) is 23.5 Å². The van der Waals surface area contributed by atoms with Crippen molar-refractivity contribution in [2.45, 2.75) is 26.2 Å². The molecule has 4 aromatic carbocycles. The Hall–Kier alpha value is -6.52. The molecule has 2 aromatic heterocycles. The summed E-state index contributed by atoms with van der Waals surface area (Å²) in [6, 6.07) is 38.4. The first-order valence-electron chi connectivity index (χ1n) is 19.7. The molecular weight excluding hydrogens is 871 g/mol. The van der Waals surface area contributed by atoms with Crippen molar-refractivity contribution in [2.75, 3.05) is 16.6 Å². The van der Waals surface area contributed by atoms with Gasteiger partial charge in [-0.05, 0) is 125 Å². The summed E-state index contributed by atoms with van der Waals surface area (Å²) >= 11 is 5.21. The predicted molar refractivity (Wildman–Crippen MR) is 257 cm³/mol. The van der Waals surface area contributed by atoms with Gasteiger partial charge in [-0.15, -0.1) is 22.7 Å². The third-order valence-electron chi connectivity index (χ3n) is 10.7. The van der Waals surface area contributed by atoms with Crippen molar-refractivity contribution in [3.63, 3.8) is 0 Å². The lowest BCUT2D eigenvalue weighted by Gasteiger charge is -2.28. The SMILES string of the molecule is Cc1ccc2c(c1)C(C)(C)c1cc(N(c3ccc(-c4ccc(/C=C5\N=C(SCOC=O)NC5=O)s4)cc3)c3ccc(-c4ccc(/C=C5\N=C(SCC(=O)O)NC5=O)s4)cc3)ccc1-2. The number of carbonyl (C=O) groups excluding carboxylic acids is 3. The molecule has 15 heteroatoms. The average Bonchev–Trinajstić information content (AvgIpc) is 4.11. The highest BCUT2D eigenvalue weighted by Crippen LogP contribution is 2.51. The summed E-state index contributed by atoms with van der Waals surface area (Å²) in [4.78, 5) is 61.3. The zero-order valence-corrected chi connectivity index (χ0v) is 37.3. The van der Waals surface area contributed by atoms with Crippen LogP contribution in [0.1, 0.15) is 40.3 Å². The molecule has 9 rings (SSSR count). The van der Waals surface area contributed by atoms with Gasteiger partial charge in [0, 0.05) is 42.0 Å². The highest BCUT2D eigenvalue weighted by molar-refractivity contribution is 8.14. The highest BCUT2D eigenvalue weighted by atomic mass is 32.2. The number of aliphatic imine (C=N–C) groups is 2. The van der Waals surface area contributed by atoms with Crippen LogP contribution in [0.25, 0.3) is 44.2 Å². The van der Waals surface area contributed by atoms with Crippen molar-refractivity contribution in [3.05, 3.63) is 147 Å². The number of aryl methyl sites for hydroxylation is 1. The molecule has 0 saturated carbocycles. The number of hydrogen-bond acceptors (Lipinski definition) is 12. The van der Waals surface area contributed by atoms with Gasteiger partial charge in [-0.2, -0.15) is 0 Å². The summed E-state index contributed by atoms with van der Waals surface area (Å²) in [6.45, 7) is 7.08. The maximum atomic E-state index is 12.6. The molecule has 63 heavy (non-hydrogen) atoms. The van der Waals surface area contributed by atoms with Crippen molar-refractivity contribution < 1.29 is 29.0 Å². The number of thiophene rings is 2. The van der Waals surface area contributed by atoms with E-state index in [4.69, 9.17) is 9.84 Å². The molecule has 2 amide bonds. The van der Waals surface area contributed by atoms with E-state index in [1.807, 2.05) is 24.3 Å². The molecule has 11 nitrogen and oxygen atoms in total. The lowest BCUT2D eigenvalue weighted by atomic mass is 9.82. The highest BCUT2D eigenvalue weighted by Gasteiger charge is 2.36. The molecule has 0 radical (unpaired) electrons. The second-order valence-corrected chi connectivity index (χ2v) is 19.4. The van der Waals surface area contributed by atoms with Gasteiger partial charge in [-0.3, -0.25) is 29.8 Å². The van der Waals surface area contributed by atoms with E-state index in [2.05, 4.69) is 131 Å². The number of ether oxygens (including phenoxy) is 1. The number of amidine groups is 2. The average molecular weight is 908 g/mol. The Morgan fingerprint density at radius 2 is 1.22 bits per heavy atom. The van der Waals surface area contributed by atoms with E-state index >= 15 is 0 Å². The number of carboxylic acid groups (broad SMARTS) is 1. The molecule has 0 fully saturated rings. The molecule has 3 aliphatic rings. The lowest BCUT2D eigenvalue weighted by molar-refractivity contribution is -0.134. The number of fused-ring (bicyclic) bond motifs is 3. The molecule has 1 aliphatic carbocycles. The van der Waals surface area contributed by atoms with Gasteiger partial charge >= 0.3 is 5.97 Å². The lowest BCUT2D eigenvalue weighted by Crippen LogP contribution is -2.22. The molecule has 314 valence electrons. The summed E-state index contributed by atoms with van der Waals surface area (Å²) in [5, 5.41) is 15.0. The smallest absolute Gasteiger partial charge is 0.313 e. The standard InChI is InChI=1S/C48H37N5O6S4/c1-27-4-16-35-36-17-13-32(21-38(36)48(2,3)37(35)20-27)53(30-9-5-28(6-10-30)41-18-14-33(62-41)22-39-44(57)51-46(49-39)60-24-43(55)56)31-11-7-29(8-12-31)42-19-15-34(63-42)23-40-45(58)52-47(50-40)61-26-59-25-54/h4-23,25H,24,26H2,1-3H3,(H,55,56)(H,49,51,57)(H,50,52,58)/b39-22-,40-23-. The van der Waals surface area contributed by atoms with Crippen molar-refractivity contribution in [3.8, 4) is 32.0 Å². The summed E-state index contributed by atoms with van der Waals surface area (Å²) in [6.07, 6.45) is 3.47. The molecule has 4 heterocycles. The first-order valence-corrected chi connectivity index (χ1v) is 23.3. The van der Waals surface area contributed by atoms with E-state index in [-0.39, 0.29) is 39.8 Å². The molecule has 0 spiro atoms. The van der Waals surface area contributed by atoms with Crippen LogP contribution in [0.4, 0.5) is 17.1 Å². The van der Waals surface area contributed by atoms with E-state index in [0.717, 1.165) is 71.2 Å². The van der Waals surface area contributed by atoms with Crippen LogP contribution in [0.15, 0.2) is 131 Å². The van der Waals surface area contributed by atoms with Gasteiger partial charge in [0.25, 0.3) is 18.3 Å². The summed E-state index contributed by atoms with van der Waals surface area (Å²) in [5.74, 6) is -1.78. The second-order valence-electron chi connectivity index (χ2n) is 15.2. The zero-order valence-electron chi connectivity index (χ0n) is 34.0. The van der Waals surface area contributed by atoms with Crippen LogP contribution in [-0.2, 0) is 29.3 Å². The third-order valence-corrected chi connectivity index (χ3v) is 14.5. The van der Waals surface area contributed by atoms with E-state index in [1.165, 1.54) is 39.2 Å². The Kier molecular flexibility index (Phi) is 11.5. The minimum absolute atomic E-state index is 0.0619. The second kappa shape index (κ2) is 17.3. The van der Waals surface area contributed by atoms with Crippen LogP contribution < -0.4 is 15.5 Å². The van der Waals surface area contributed by atoms with Crippen LogP contribution in [0.3, 0.4) is 0 Å². The fourth-order valence-corrected chi connectivity index (χ4v) is 10.7. The van der Waals surface area contributed by atoms with Gasteiger partial charge in [-0.25, -0.2) is 9.98 Å². The van der Waals surface area contributed by atoms with Crippen molar-refractivity contribution in [1.29, 1.82) is 0 Å². The van der Waals surface area contributed by atoms with E-state index in [0.29, 0.717) is 17.3 Å². The Bertz CT molecular complexity index is 2960. The summed E-state index contributed by atoms with van der Waals surface area (Å²) in [7, 11) is 0. The summed E-state index contributed by atoms with van der Waals surface area (Å²) in [5.41, 5.74) is 11.7. The number of amides is 2. The quantitative estimate of drug-likeness (QED) is 0.0472. The monoisotopic (exact) mass is 907 g/mol. The summed E-state index contributed by atoms with van der Waals surface area (Å²) < 4.78 is 4.71. The zero-order chi connectivity index (χ0) is 43.8. The van der Waals surface area contributed by atoms with Crippen LogP contribution in [0.2, 0.25) is 0 Å². The number of nitrogens with one attached hydrogen (secondary N) is 2. The van der Waals surface area contributed by atoms with Crippen molar-refractivity contribution in [1.82, 2.24) is 10.6 Å². The number of benzene rings is 4. The Labute approximate surface area is 379 Å². The minimum Gasteiger partial charge on any atom is -0.481 e. The van der Waals surface area contributed by atoms with E-state index < -0.39 is 5.97 Å². The number of hydrogen-bond donors (Lipinski definition) is 3. The van der Waals surface area contributed by atoms with Gasteiger partial charge < -0.3 is 14.7 Å². The van der Waals surface area contributed by atoms with Crippen molar-refractivity contribution in [2.24, 2.45) is 9.98 Å².